The van der Waals surface area contributed by atoms with Crippen molar-refractivity contribution >= 4 is 0 Å². The van der Waals surface area contributed by atoms with Crippen LogP contribution >= 0.6 is 0 Å². The van der Waals surface area contributed by atoms with Gasteiger partial charge in [0.1, 0.15) is 0 Å². The third-order valence-corrected chi connectivity index (χ3v) is 3.43. The molecule has 1 fully saturated rings. The predicted molar refractivity (Wildman–Crippen MR) is 67.6 cm³/mol. The Morgan fingerprint density at radius 1 is 1.33 bits per heavy atom. The molecule has 0 spiro atoms. The van der Waals surface area contributed by atoms with Crippen LogP contribution in [-0.4, -0.2) is 31.2 Å². The average molecular weight is 243 g/mol. The van der Waals surface area contributed by atoms with Gasteiger partial charge < -0.3 is 0 Å². The van der Waals surface area contributed by atoms with E-state index in [1.165, 1.54) is 18.4 Å². The van der Waals surface area contributed by atoms with Gasteiger partial charge >= 0.3 is 0 Å². The Hall–Kier alpha value is -1.75. The van der Waals surface area contributed by atoms with E-state index in [-0.39, 0.29) is 0 Å². The minimum absolute atomic E-state index is 0.402. The molecule has 1 aliphatic heterocycles. The molecular formula is C13H17N5. The molecule has 1 saturated heterocycles. The maximum atomic E-state index is 4.43. The van der Waals surface area contributed by atoms with Crippen molar-refractivity contribution in [3.05, 3.63) is 42.2 Å². The van der Waals surface area contributed by atoms with Gasteiger partial charge in [-0.1, -0.05) is 0 Å². The molecular weight excluding hydrogens is 226 g/mol. The fourth-order valence-corrected chi connectivity index (χ4v) is 2.62. The molecule has 0 N–H and O–H groups in total. The van der Waals surface area contributed by atoms with Crippen molar-refractivity contribution < 1.29 is 0 Å². The van der Waals surface area contributed by atoms with Crippen LogP contribution in [0.4, 0.5) is 0 Å². The first kappa shape index (κ1) is 11.3. The number of hydrogen-bond donors (Lipinski definition) is 0. The van der Waals surface area contributed by atoms with Crippen LogP contribution in [0.25, 0.3) is 0 Å². The Labute approximate surface area is 106 Å². The van der Waals surface area contributed by atoms with Crippen LogP contribution in [0.1, 0.15) is 30.1 Å². The van der Waals surface area contributed by atoms with Crippen LogP contribution in [0.3, 0.4) is 0 Å². The van der Waals surface area contributed by atoms with Crippen LogP contribution in [0, 0.1) is 0 Å². The third-order valence-electron chi connectivity index (χ3n) is 3.43. The molecule has 5 nitrogen and oxygen atoms in total. The van der Waals surface area contributed by atoms with Gasteiger partial charge in [0.05, 0.1) is 17.9 Å². The van der Waals surface area contributed by atoms with Crippen molar-refractivity contribution in [3.8, 4) is 0 Å². The molecule has 0 bridgehead atoms. The monoisotopic (exact) mass is 243 g/mol. The molecule has 2 aromatic rings. The molecule has 0 aliphatic carbocycles. The Morgan fingerprint density at radius 3 is 3.00 bits per heavy atom. The van der Waals surface area contributed by atoms with Crippen LogP contribution in [0.15, 0.2) is 31.0 Å². The quantitative estimate of drug-likeness (QED) is 0.820. The summed E-state index contributed by atoms with van der Waals surface area (Å²) in [4.78, 5) is 11.1. The van der Waals surface area contributed by atoms with Crippen molar-refractivity contribution in [1.82, 2.24) is 24.6 Å². The molecule has 0 radical (unpaired) electrons. The minimum atomic E-state index is 0.402. The van der Waals surface area contributed by atoms with Crippen LogP contribution in [0.5, 0.6) is 0 Å². The highest BCUT2D eigenvalue weighted by Gasteiger charge is 2.27. The average Bonchev–Trinajstić information content (AvgIpc) is 3.00. The predicted octanol–water partition coefficient (Wildman–Crippen LogP) is 1.55. The zero-order chi connectivity index (χ0) is 12.4. The van der Waals surface area contributed by atoms with Gasteiger partial charge in [0.25, 0.3) is 0 Å². The molecule has 5 heteroatoms. The zero-order valence-electron chi connectivity index (χ0n) is 10.5. The van der Waals surface area contributed by atoms with E-state index < -0.39 is 0 Å². The van der Waals surface area contributed by atoms with Crippen molar-refractivity contribution in [2.45, 2.75) is 25.4 Å². The number of nitrogens with zero attached hydrogens (tertiary/aromatic N) is 5. The van der Waals surface area contributed by atoms with Gasteiger partial charge in [0.15, 0.2) is 0 Å². The molecule has 3 rings (SSSR count). The van der Waals surface area contributed by atoms with Gasteiger partial charge in [-0.3, -0.25) is 19.5 Å². The normalized spacial score (nSPS) is 20.4. The molecule has 1 aliphatic rings. The number of rotatable bonds is 3. The van der Waals surface area contributed by atoms with Crippen molar-refractivity contribution in [2.24, 2.45) is 7.05 Å². The molecule has 0 saturated carbocycles. The number of aryl methyl sites for hydroxylation is 1. The highest BCUT2D eigenvalue weighted by molar-refractivity contribution is 5.09. The van der Waals surface area contributed by atoms with Crippen molar-refractivity contribution in [1.29, 1.82) is 0 Å². The summed E-state index contributed by atoms with van der Waals surface area (Å²) in [7, 11) is 1.95. The Kier molecular flexibility index (Phi) is 3.06. The molecule has 0 amide bonds. The maximum absolute atomic E-state index is 4.43. The lowest BCUT2D eigenvalue weighted by atomic mass is 10.1. The van der Waals surface area contributed by atoms with E-state index in [2.05, 4.69) is 26.2 Å². The minimum Gasteiger partial charge on any atom is -0.290 e. The summed E-state index contributed by atoms with van der Waals surface area (Å²) < 4.78 is 1.85. The van der Waals surface area contributed by atoms with Crippen LogP contribution in [0.2, 0.25) is 0 Å². The molecule has 2 aromatic heterocycles. The SMILES string of the molecule is Cn1cc(CN2CCC[C@@H]2c2cnccn2)cn1. The van der Waals surface area contributed by atoms with Crippen molar-refractivity contribution in [2.75, 3.05) is 6.54 Å². The Bertz CT molecular complexity index is 507. The molecule has 1 atom stereocenters. The van der Waals surface area contributed by atoms with E-state index in [1.807, 2.05) is 24.1 Å². The lowest BCUT2D eigenvalue weighted by molar-refractivity contribution is 0.244. The highest BCUT2D eigenvalue weighted by atomic mass is 15.2. The molecule has 3 heterocycles. The molecule has 18 heavy (non-hydrogen) atoms. The summed E-state index contributed by atoms with van der Waals surface area (Å²) in [6.07, 6.45) is 11.8. The first-order valence-electron chi connectivity index (χ1n) is 6.30. The van der Waals surface area contributed by atoms with E-state index in [0.29, 0.717) is 6.04 Å². The van der Waals surface area contributed by atoms with Gasteiger partial charge in [0.2, 0.25) is 0 Å². The molecule has 0 aromatic carbocycles. The highest BCUT2D eigenvalue weighted by Crippen LogP contribution is 2.31. The standard InChI is InChI=1S/C13H17N5/c1-17-9-11(7-16-17)10-18-6-2-3-13(18)12-8-14-4-5-15-12/h4-5,7-9,13H,2-3,6,10H2,1H3/t13-/m1/s1. The van der Waals surface area contributed by atoms with Gasteiger partial charge in [-0.05, 0) is 19.4 Å². The van der Waals surface area contributed by atoms with Crippen LogP contribution < -0.4 is 0 Å². The second-order valence-electron chi connectivity index (χ2n) is 4.78. The zero-order valence-corrected chi connectivity index (χ0v) is 10.5. The fourth-order valence-electron chi connectivity index (χ4n) is 2.62. The Morgan fingerprint density at radius 2 is 2.28 bits per heavy atom. The van der Waals surface area contributed by atoms with Gasteiger partial charge in [-0.2, -0.15) is 5.10 Å². The van der Waals surface area contributed by atoms with Gasteiger partial charge in [-0.15, -0.1) is 0 Å². The van der Waals surface area contributed by atoms with E-state index in [9.17, 15) is 0 Å². The fraction of sp³-hybridized carbons (Fsp3) is 0.462. The summed E-state index contributed by atoms with van der Waals surface area (Å²) >= 11 is 0. The lowest BCUT2D eigenvalue weighted by Crippen LogP contribution is -2.23. The Balaban J connectivity index is 1.75. The molecule has 0 unspecified atom stereocenters. The van der Waals surface area contributed by atoms with E-state index in [0.717, 1.165) is 18.8 Å². The summed E-state index contributed by atoms with van der Waals surface area (Å²) in [5.41, 5.74) is 2.34. The van der Waals surface area contributed by atoms with E-state index in [1.54, 1.807) is 12.4 Å². The lowest BCUT2D eigenvalue weighted by Gasteiger charge is -2.22. The van der Waals surface area contributed by atoms with E-state index in [4.69, 9.17) is 0 Å². The van der Waals surface area contributed by atoms with Crippen LogP contribution in [-0.2, 0) is 13.6 Å². The topological polar surface area (TPSA) is 46.8 Å². The maximum Gasteiger partial charge on any atom is 0.0758 e. The number of likely N-dealkylation sites (tertiary alicyclic amines) is 1. The largest absolute Gasteiger partial charge is 0.290 e. The van der Waals surface area contributed by atoms with Gasteiger partial charge in [0, 0.05) is 43.9 Å². The first-order chi connectivity index (χ1) is 8.83. The van der Waals surface area contributed by atoms with Crippen molar-refractivity contribution in [3.63, 3.8) is 0 Å². The summed E-state index contributed by atoms with van der Waals surface area (Å²) in [5.74, 6) is 0. The summed E-state index contributed by atoms with van der Waals surface area (Å²) in [6.45, 7) is 2.06. The molecule has 94 valence electrons. The van der Waals surface area contributed by atoms with Gasteiger partial charge in [-0.25, -0.2) is 0 Å². The first-order valence-corrected chi connectivity index (χ1v) is 6.30. The summed E-state index contributed by atoms with van der Waals surface area (Å²) in [5, 5.41) is 4.22. The number of hydrogen-bond acceptors (Lipinski definition) is 4. The third kappa shape index (κ3) is 2.26. The summed E-state index contributed by atoms with van der Waals surface area (Å²) in [6, 6.07) is 0.402. The van der Waals surface area contributed by atoms with E-state index >= 15 is 0 Å². The smallest absolute Gasteiger partial charge is 0.0758 e. The second-order valence-corrected chi connectivity index (χ2v) is 4.78. The number of aromatic nitrogens is 4. The second kappa shape index (κ2) is 4.86.